The predicted octanol–water partition coefficient (Wildman–Crippen LogP) is 1.15. The van der Waals surface area contributed by atoms with Crippen LogP contribution in [0, 0.1) is 0 Å². The van der Waals surface area contributed by atoms with E-state index >= 15 is 0 Å². The van der Waals surface area contributed by atoms with Gasteiger partial charge in [0.2, 0.25) is 0 Å². The van der Waals surface area contributed by atoms with Gasteiger partial charge >= 0.3 is 0 Å². The highest BCUT2D eigenvalue weighted by molar-refractivity contribution is 14.1. The smallest absolute Gasteiger partial charge is 0.115 e. The topological polar surface area (TPSA) is 66.5 Å². The van der Waals surface area contributed by atoms with E-state index in [2.05, 4.69) is 0 Å². The molecule has 0 bridgehead atoms. The van der Waals surface area contributed by atoms with Crippen molar-refractivity contribution in [3.8, 4) is 5.75 Å². The zero-order chi connectivity index (χ0) is 9.14. The lowest BCUT2D eigenvalue weighted by atomic mass is 10.1. The highest BCUT2D eigenvalue weighted by Crippen LogP contribution is 2.21. The quantitative estimate of drug-likeness (QED) is 0.432. The molecule has 0 fully saturated rings. The molecule has 1 rings (SSSR count). The van der Waals surface area contributed by atoms with Gasteiger partial charge in [0.1, 0.15) is 11.9 Å². The number of benzene rings is 1. The predicted molar refractivity (Wildman–Crippen MR) is 55.1 cm³/mol. The Morgan fingerprint density at radius 1 is 1.25 bits per heavy atom. The molecule has 0 radical (unpaired) electrons. The molecule has 3 nitrogen and oxygen atoms in total. The maximum absolute atomic E-state index is 9.47. The molecular weight excluding hydrogens is 269 g/mol. The molecule has 0 heterocycles. The molecule has 66 valence electrons. The number of aromatic hydroxyl groups is 1. The van der Waals surface area contributed by atoms with Crippen LogP contribution in [0.5, 0.6) is 5.75 Å². The number of halogens is 1. The first kappa shape index (κ1) is 9.76. The third-order valence-electron chi connectivity index (χ3n) is 1.54. The highest BCUT2D eigenvalue weighted by atomic mass is 127. The maximum Gasteiger partial charge on any atom is 0.115 e. The summed E-state index contributed by atoms with van der Waals surface area (Å²) >= 11 is 1.95. The fourth-order valence-corrected chi connectivity index (χ4v) is 1.27. The SMILES string of the molecule is NC(I)C(O)c1ccc(O)cc1. The van der Waals surface area contributed by atoms with Gasteiger partial charge < -0.3 is 15.9 Å². The molecule has 2 unspecified atom stereocenters. The van der Waals surface area contributed by atoms with E-state index in [1.165, 1.54) is 12.1 Å². The van der Waals surface area contributed by atoms with Crippen LogP contribution in [-0.4, -0.2) is 14.3 Å². The van der Waals surface area contributed by atoms with E-state index in [9.17, 15) is 5.11 Å². The van der Waals surface area contributed by atoms with Crippen molar-refractivity contribution in [2.24, 2.45) is 5.73 Å². The van der Waals surface area contributed by atoms with Gasteiger partial charge in [-0.15, -0.1) is 0 Å². The minimum atomic E-state index is -0.675. The van der Waals surface area contributed by atoms with Crippen molar-refractivity contribution in [3.05, 3.63) is 29.8 Å². The minimum absolute atomic E-state index is 0.188. The molecule has 0 aromatic heterocycles. The van der Waals surface area contributed by atoms with Crippen LogP contribution in [-0.2, 0) is 0 Å². The van der Waals surface area contributed by atoms with Gasteiger partial charge in [0.05, 0.1) is 4.05 Å². The summed E-state index contributed by atoms with van der Waals surface area (Å²) in [4.78, 5) is 0. The zero-order valence-electron chi connectivity index (χ0n) is 6.31. The number of rotatable bonds is 2. The second-order valence-electron chi connectivity index (χ2n) is 2.48. The van der Waals surface area contributed by atoms with Gasteiger partial charge in [0.15, 0.2) is 0 Å². The second-order valence-corrected chi connectivity index (χ2v) is 3.92. The van der Waals surface area contributed by atoms with Crippen molar-refractivity contribution in [1.82, 2.24) is 0 Å². The lowest BCUT2D eigenvalue weighted by Gasteiger charge is -2.12. The van der Waals surface area contributed by atoms with E-state index in [-0.39, 0.29) is 9.80 Å². The summed E-state index contributed by atoms with van der Waals surface area (Å²) in [7, 11) is 0. The molecular formula is C8H10INO2. The van der Waals surface area contributed by atoms with Crippen molar-refractivity contribution in [3.63, 3.8) is 0 Å². The molecule has 1 aromatic carbocycles. The second kappa shape index (κ2) is 4.06. The molecule has 4 heteroatoms. The summed E-state index contributed by atoms with van der Waals surface area (Å²) in [6.45, 7) is 0. The van der Waals surface area contributed by atoms with Crippen molar-refractivity contribution < 1.29 is 10.2 Å². The highest BCUT2D eigenvalue weighted by Gasteiger charge is 2.12. The number of aliphatic hydroxyl groups excluding tert-OH is 1. The van der Waals surface area contributed by atoms with Gasteiger partial charge in [-0.2, -0.15) is 0 Å². The number of alkyl halides is 1. The fraction of sp³-hybridized carbons (Fsp3) is 0.250. The molecule has 12 heavy (non-hydrogen) atoms. The molecule has 0 aliphatic carbocycles. The largest absolute Gasteiger partial charge is 0.508 e. The van der Waals surface area contributed by atoms with Gasteiger partial charge in [0, 0.05) is 0 Å². The van der Waals surface area contributed by atoms with Crippen LogP contribution in [0.15, 0.2) is 24.3 Å². The monoisotopic (exact) mass is 279 g/mol. The van der Waals surface area contributed by atoms with Crippen molar-refractivity contribution in [2.75, 3.05) is 0 Å². The summed E-state index contributed by atoms with van der Waals surface area (Å²) in [5.74, 6) is 0.188. The third kappa shape index (κ3) is 2.33. The molecule has 0 amide bonds. The Hall–Kier alpha value is -0.330. The number of phenolic OH excluding ortho intramolecular Hbond substituents is 1. The van der Waals surface area contributed by atoms with E-state index in [1.807, 2.05) is 22.6 Å². The third-order valence-corrected chi connectivity index (χ3v) is 2.22. The van der Waals surface area contributed by atoms with Crippen LogP contribution in [0.4, 0.5) is 0 Å². The number of hydrogen-bond donors (Lipinski definition) is 3. The van der Waals surface area contributed by atoms with Gasteiger partial charge in [0.25, 0.3) is 0 Å². The summed E-state index contributed by atoms with van der Waals surface area (Å²) in [5, 5.41) is 18.4. The fourth-order valence-electron chi connectivity index (χ4n) is 0.855. The lowest BCUT2D eigenvalue weighted by Crippen LogP contribution is -2.20. The number of hydrogen-bond acceptors (Lipinski definition) is 3. The van der Waals surface area contributed by atoms with Crippen molar-refractivity contribution >= 4 is 22.6 Å². The van der Waals surface area contributed by atoms with Crippen LogP contribution >= 0.6 is 22.6 Å². The Kier molecular flexibility index (Phi) is 3.30. The molecule has 0 aliphatic heterocycles. The van der Waals surface area contributed by atoms with Gasteiger partial charge in [-0.3, -0.25) is 0 Å². The van der Waals surface area contributed by atoms with Crippen molar-refractivity contribution in [2.45, 2.75) is 10.2 Å². The molecule has 0 aliphatic rings. The zero-order valence-corrected chi connectivity index (χ0v) is 8.47. The van der Waals surface area contributed by atoms with E-state index in [0.717, 1.165) is 5.56 Å². The molecule has 1 aromatic rings. The first-order valence-corrected chi connectivity index (χ1v) is 4.72. The standard InChI is InChI=1S/C8H10INO2/c9-8(10)7(12)5-1-3-6(11)4-2-5/h1-4,7-8,11-12H,10H2. The van der Waals surface area contributed by atoms with E-state index in [4.69, 9.17) is 10.8 Å². The molecule has 4 N–H and O–H groups in total. The maximum atomic E-state index is 9.47. The molecule has 0 saturated carbocycles. The van der Waals surface area contributed by atoms with Gasteiger partial charge in [-0.1, -0.05) is 34.7 Å². The Bertz CT molecular complexity index is 248. The molecule has 0 spiro atoms. The minimum Gasteiger partial charge on any atom is -0.508 e. The average molecular weight is 279 g/mol. The van der Waals surface area contributed by atoms with Gasteiger partial charge in [-0.25, -0.2) is 0 Å². The normalized spacial score (nSPS) is 15.6. The summed E-state index contributed by atoms with van der Waals surface area (Å²) in [6, 6.07) is 6.35. The van der Waals surface area contributed by atoms with Crippen LogP contribution < -0.4 is 5.73 Å². The molecule has 2 atom stereocenters. The lowest BCUT2D eigenvalue weighted by molar-refractivity contribution is 0.181. The first-order chi connectivity index (χ1) is 5.61. The Balaban J connectivity index is 2.82. The summed E-state index contributed by atoms with van der Waals surface area (Å²) in [5.41, 5.74) is 6.20. The number of aliphatic hydroxyl groups is 1. The first-order valence-electron chi connectivity index (χ1n) is 3.48. The summed E-state index contributed by atoms with van der Waals surface area (Å²) in [6.07, 6.45) is -0.675. The Morgan fingerprint density at radius 3 is 2.17 bits per heavy atom. The molecule has 0 saturated heterocycles. The Morgan fingerprint density at radius 2 is 1.75 bits per heavy atom. The van der Waals surface area contributed by atoms with E-state index in [1.54, 1.807) is 12.1 Å². The van der Waals surface area contributed by atoms with E-state index in [0.29, 0.717) is 0 Å². The van der Waals surface area contributed by atoms with Crippen LogP contribution in [0.25, 0.3) is 0 Å². The average Bonchev–Trinajstić information content (AvgIpc) is 2.04. The van der Waals surface area contributed by atoms with E-state index < -0.39 is 6.10 Å². The number of phenols is 1. The van der Waals surface area contributed by atoms with Crippen LogP contribution in [0.1, 0.15) is 11.7 Å². The summed E-state index contributed by atoms with van der Waals surface area (Å²) < 4.78 is -0.327. The van der Waals surface area contributed by atoms with Crippen LogP contribution in [0.2, 0.25) is 0 Å². The van der Waals surface area contributed by atoms with Crippen LogP contribution in [0.3, 0.4) is 0 Å². The van der Waals surface area contributed by atoms with Crippen molar-refractivity contribution in [1.29, 1.82) is 0 Å². The number of nitrogens with two attached hydrogens (primary N) is 1. The Labute approximate surface area is 84.4 Å². The van der Waals surface area contributed by atoms with Gasteiger partial charge in [-0.05, 0) is 17.7 Å².